The van der Waals surface area contributed by atoms with Crippen LogP contribution in [0, 0.1) is 5.92 Å². The first kappa shape index (κ1) is 17.1. The summed E-state index contributed by atoms with van der Waals surface area (Å²) in [5.74, 6) is 0.472. The Kier molecular flexibility index (Phi) is 7.80. The molecule has 0 radical (unpaired) electrons. The minimum Gasteiger partial charge on any atom is -0.480 e. The molecule has 3 N–H and O–H groups in total. The highest BCUT2D eigenvalue weighted by molar-refractivity contribution is 7.98. The van der Waals surface area contributed by atoms with Crippen LogP contribution in [0.25, 0.3) is 0 Å². The topological polar surface area (TPSA) is 78.4 Å². The van der Waals surface area contributed by atoms with Crippen molar-refractivity contribution in [2.24, 2.45) is 5.92 Å². The van der Waals surface area contributed by atoms with Gasteiger partial charge < -0.3 is 15.7 Å². The summed E-state index contributed by atoms with van der Waals surface area (Å²) in [7, 11) is 0. The summed E-state index contributed by atoms with van der Waals surface area (Å²) in [4.78, 5) is 23.0. The summed E-state index contributed by atoms with van der Waals surface area (Å²) >= 11 is 1.58. The summed E-state index contributed by atoms with van der Waals surface area (Å²) in [5, 5.41) is 14.6. The van der Waals surface area contributed by atoms with Gasteiger partial charge in [-0.15, -0.1) is 0 Å². The van der Waals surface area contributed by atoms with Crippen molar-refractivity contribution in [2.45, 2.75) is 57.5 Å². The smallest absolute Gasteiger partial charge is 0.326 e. The highest BCUT2D eigenvalue weighted by Crippen LogP contribution is 2.22. The average Bonchev–Trinajstić information content (AvgIpc) is 2.59. The van der Waals surface area contributed by atoms with Gasteiger partial charge in [0.05, 0.1) is 0 Å². The lowest BCUT2D eigenvalue weighted by molar-refractivity contribution is -0.139. The molecule has 0 aromatic rings. The number of rotatable bonds is 6. The van der Waals surface area contributed by atoms with Gasteiger partial charge >= 0.3 is 12.0 Å². The molecule has 1 aliphatic rings. The van der Waals surface area contributed by atoms with E-state index >= 15 is 0 Å². The molecule has 0 aromatic carbocycles. The lowest BCUT2D eigenvalue weighted by atomic mass is 10.0. The van der Waals surface area contributed by atoms with Crippen molar-refractivity contribution in [1.82, 2.24) is 10.6 Å². The van der Waals surface area contributed by atoms with Gasteiger partial charge in [-0.2, -0.15) is 11.8 Å². The number of amides is 2. The standard InChI is InChI=1S/C14H26N2O3S/c1-10-4-3-5-11(7-6-10)15-14(19)16-12(13(17)18)8-9-20-2/h10-12H,3-9H2,1-2H3,(H,17,18)(H2,15,16,19)/t10?,11?,12-/m1/s1. The Hall–Kier alpha value is -0.910. The number of carbonyl (C=O) groups excluding carboxylic acids is 1. The van der Waals surface area contributed by atoms with Gasteiger partial charge in [-0.05, 0) is 43.6 Å². The van der Waals surface area contributed by atoms with Crippen molar-refractivity contribution in [2.75, 3.05) is 12.0 Å². The highest BCUT2D eigenvalue weighted by Gasteiger charge is 2.22. The molecule has 1 saturated carbocycles. The van der Waals surface area contributed by atoms with Crippen LogP contribution in [0.5, 0.6) is 0 Å². The van der Waals surface area contributed by atoms with Crippen LogP contribution in [-0.2, 0) is 4.79 Å². The first-order valence-corrected chi connectivity index (χ1v) is 8.71. The van der Waals surface area contributed by atoms with E-state index in [-0.39, 0.29) is 12.1 Å². The molecule has 5 nitrogen and oxygen atoms in total. The molecule has 1 aliphatic carbocycles. The molecule has 116 valence electrons. The molecule has 1 rings (SSSR count). The van der Waals surface area contributed by atoms with Gasteiger partial charge in [-0.1, -0.05) is 19.8 Å². The molecule has 1 fully saturated rings. The molecular weight excluding hydrogens is 276 g/mol. The van der Waals surface area contributed by atoms with Crippen LogP contribution < -0.4 is 10.6 Å². The van der Waals surface area contributed by atoms with Crippen molar-refractivity contribution in [1.29, 1.82) is 0 Å². The maximum Gasteiger partial charge on any atom is 0.326 e. The summed E-state index contributed by atoms with van der Waals surface area (Å²) in [6.07, 6.45) is 7.81. The van der Waals surface area contributed by atoms with E-state index in [1.165, 1.54) is 6.42 Å². The first-order valence-electron chi connectivity index (χ1n) is 7.31. The Morgan fingerprint density at radius 2 is 2.05 bits per heavy atom. The molecule has 0 spiro atoms. The molecule has 0 aromatic heterocycles. The fourth-order valence-corrected chi connectivity index (χ4v) is 2.98. The van der Waals surface area contributed by atoms with E-state index in [1.54, 1.807) is 11.8 Å². The van der Waals surface area contributed by atoms with E-state index in [2.05, 4.69) is 17.6 Å². The van der Waals surface area contributed by atoms with Crippen molar-refractivity contribution in [3.8, 4) is 0 Å². The fraction of sp³-hybridized carbons (Fsp3) is 0.857. The maximum atomic E-state index is 11.9. The van der Waals surface area contributed by atoms with Crippen LogP contribution in [-0.4, -0.2) is 41.2 Å². The van der Waals surface area contributed by atoms with E-state index in [1.807, 2.05) is 6.26 Å². The number of aliphatic carboxylic acids is 1. The molecule has 0 heterocycles. The van der Waals surface area contributed by atoms with Gasteiger partial charge in [0.1, 0.15) is 6.04 Å². The number of carbonyl (C=O) groups is 2. The number of thioether (sulfide) groups is 1. The first-order chi connectivity index (χ1) is 9.52. The van der Waals surface area contributed by atoms with Crippen molar-refractivity contribution in [3.05, 3.63) is 0 Å². The largest absolute Gasteiger partial charge is 0.480 e. The van der Waals surface area contributed by atoms with Crippen LogP contribution in [0.15, 0.2) is 0 Å². The Labute approximate surface area is 125 Å². The Morgan fingerprint density at radius 3 is 2.70 bits per heavy atom. The number of urea groups is 1. The third-order valence-corrected chi connectivity index (χ3v) is 4.45. The number of carboxylic acids is 1. The minimum absolute atomic E-state index is 0.176. The third-order valence-electron chi connectivity index (χ3n) is 3.81. The molecule has 0 aliphatic heterocycles. The third kappa shape index (κ3) is 6.50. The summed E-state index contributed by atoms with van der Waals surface area (Å²) < 4.78 is 0. The molecule has 0 bridgehead atoms. The predicted octanol–water partition coefficient (Wildman–Crippen LogP) is 2.46. The van der Waals surface area contributed by atoms with E-state index in [0.717, 1.165) is 37.4 Å². The van der Waals surface area contributed by atoms with Crippen LogP contribution in [0.3, 0.4) is 0 Å². The zero-order chi connectivity index (χ0) is 15.0. The van der Waals surface area contributed by atoms with E-state index in [9.17, 15) is 9.59 Å². The van der Waals surface area contributed by atoms with Gasteiger partial charge in [0.15, 0.2) is 0 Å². The van der Waals surface area contributed by atoms with E-state index in [0.29, 0.717) is 6.42 Å². The van der Waals surface area contributed by atoms with Gasteiger partial charge in [0.25, 0.3) is 0 Å². The number of nitrogens with one attached hydrogen (secondary N) is 2. The Morgan fingerprint density at radius 1 is 1.30 bits per heavy atom. The molecular formula is C14H26N2O3S. The highest BCUT2D eigenvalue weighted by atomic mass is 32.2. The molecule has 3 atom stereocenters. The van der Waals surface area contributed by atoms with Crippen LogP contribution >= 0.6 is 11.8 Å². The second kappa shape index (κ2) is 9.10. The van der Waals surface area contributed by atoms with E-state index < -0.39 is 12.0 Å². The maximum absolute atomic E-state index is 11.9. The second-order valence-electron chi connectivity index (χ2n) is 5.60. The van der Waals surface area contributed by atoms with E-state index in [4.69, 9.17) is 5.11 Å². The summed E-state index contributed by atoms with van der Waals surface area (Å²) in [5.41, 5.74) is 0. The normalized spacial score (nSPS) is 24.5. The molecule has 0 saturated heterocycles. The second-order valence-corrected chi connectivity index (χ2v) is 6.59. The molecule has 20 heavy (non-hydrogen) atoms. The molecule has 2 amide bonds. The summed E-state index contributed by atoms with van der Waals surface area (Å²) in [6, 6.07) is -0.972. The Bertz CT molecular complexity index is 326. The monoisotopic (exact) mass is 302 g/mol. The molecule has 6 heteroatoms. The van der Waals surface area contributed by atoms with Crippen molar-refractivity contribution in [3.63, 3.8) is 0 Å². The lowest BCUT2D eigenvalue weighted by Gasteiger charge is -2.19. The van der Waals surface area contributed by atoms with Gasteiger partial charge in [-0.3, -0.25) is 0 Å². The molecule has 2 unspecified atom stereocenters. The number of hydrogen-bond acceptors (Lipinski definition) is 3. The predicted molar refractivity (Wildman–Crippen MR) is 82.1 cm³/mol. The number of carboxylic acid groups (broad SMARTS) is 1. The Balaban J connectivity index is 2.38. The number of hydrogen-bond donors (Lipinski definition) is 3. The van der Waals surface area contributed by atoms with Crippen LogP contribution in [0.4, 0.5) is 4.79 Å². The SMILES string of the molecule is CSCC[C@@H](NC(=O)NC1CCCC(C)CC1)C(=O)O. The van der Waals surface area contributed by atoms with Crippen molar-refractivity contribution < 1.29 is 14.7 Å². The van der Waals surface area contributed by atoms with Crippen LogP contribution in [0.2, 0.25) is 0 Å². The minimum atomic E-state index is -0.969. The lowest BCUT2D eigenvalue weighted by Crippen LogP contribution is -2.49. The zero-order valence-corrected chi connectivity index (χ0v) is 13.2. The van der Waals surface area contributed by atoms with Crippen molar-refractivity contribution >= 4 is 23.8 Å². The van der Waals surface area contributed by atoms with Gasteiger partial charge in [0, 0.05) is 6.04 Å². The quantitative estimate of drug-likeness (QED) is 0.659. The average molecular weight is 302 g/mol. The summed E-state index contributed by atoms with van der Waals surface area (Å²) in [6.45, 7) is 2.24. The van der Waals surface area contributed by atoms with Gasteiger partial charge in [0.2, 0.25) is 0 Å². The fourth-order valence-electron chi connectivity index (χ4n) is 2.51. The zero-order valence-electron chi connectivity index (χ0n) is 12.4. The van der Waals surface area contributed by atoms with Crippen LogP contribution in [0.1, 0.15) is 45.4 Å². The van der Waals surface area contributed by atoms with Gasteiger partial charge in [-0.25, -0.2) is 9.59 Å².